The first-order chi connectivity index (χ1) is 12.2. The van der Waals surface area contributed by atoms with Crippen molar-refractivity contribution >= 4 is 23.2 Å². The minimum Gasteiger partial charge on any atom is -1.00 e. The Hall–Kier alpha value is -1.59. The van der Waals surface area contributed by atoms with Crippen molar-refractivity contribution in [2.24, 2.45) is 0 Å². The molecule has 1 aromatic heterocycles. The Morgan fingerprint density at radius 1 is 1.00 bits per heavy atom. The summed E-state index contributed by atoms with van der Waals surface area (Å²) in [6.45, 7) is 4.28. The van der Waals surface area contributed by atoms with E-state index in [4.69, 9.17) is 11.6 Å². The maximum absolute atomic E-state index is 12.4. The van der Waals surface area contributed by atoms with Gasteiger partial charge >= 0.3 is 0 Å². The van der Waals surface area contributed by atoms with Gasteiger partial charge in [0.1, 0.15) is 6.54 Å². The molecule has 0 radical (unpaired) electrons. The van der Waals surface area contributed by atoms with E-state index in [1.165, 1.54) is 0 Å². The van der Waals surface area contributed by atoms with Gasteiger partial charge in [-0.1, -0.05) is 23.7 Å². The molecular weight excluding hydrogens is 414 g/mol. The second-order valence-corrected chi connectivity index (χ2v) is 6.85. The zero-order valence-electron chi connectivity index (χ0n) is 14.9. The van der Waals surface area contributed by atoms with Crippen LogP contribution in [0.15, 0.2) is 54.9 Å². The maximum atomic E-state index is 12.4. The third-order valence-corrected chi connectivity index (χ3v) is 4.88. The van der Waals surface area contributed by atoms with E-state index >= 15 is 0 Å². The molecule has 6 heteroatoms. The highest BCUT2D eigenvalue weighted by Gasteiger charge is 2.21. The minimum atomic E-state index is 0. The average molecular weight is 439 g/mol. The maximum Gasteiger partial charge on any atom is 0.222 e. The number of amides is 1. The predicted molar refractivity (Wildman–Crippen MR) is 101 cm³/mol. The summed E-state index contributed by atoms with van der Waals surface area (Å²) in [7, 11) is 0. The molecule has 1 saturated heterocycles. The molecule has 3 rings (SSSR count). The zero-order valence-corrected chi connectivity index (χ0v) is 17.2. The number of hydrogen-bond acceptors (Lipinski definition) is 2. The Morgan fingerprint density at radius 2 is 1.73 bits per heavy atom. The molecule has 0 spiro atoms. The summed E-state index contributed by atoms with van der Waals surface area (Å²) in [6.07, 6.45) is 6.75. The number of aromatic nitrogens is 1. The highest BCUT2D eigenvalue weighted by Crippen LogP contribution is 2.21. The zero-order chi connectivity index (χ0) is 17.5. The number of benzene rings is 1. The van der Waals surface area contributed by atoms with Gasteiger partial charge in [-0.15, -0.1) is 0 Å². The lowest BCUT2D eigenvalue weighted by atomic mass is 10.2. The van der Waals surface area contributed by atoms with E-state index in [9.17, 15) is 4.79 Å². The van der Waals surface area contributed by atoms with Crippen LogP contribution in [0.25, 0.3) is 0 Å². The van der Waals surface area contributed by atoms with E-state index in [0.717, 1.165) is 56.3 Å². The van der Waals surface area contributed by atoms with E-state index in [1.54, 1.807) is 0 Å². The van der Waals surface area contributed by atoms with Crippen LogP contribution in [0.3, 0.4) is 0 Å². The molecule has 1 amide bonds. The Kier molecular flexibility index (Phi) is 8.39. The number of anilines is 1. The Balaban J connectivity index is 0.00000243. The molecule has 0 atom stereocenters. The second kappa shape index (κ2) is 10.5. The number of pyridine rings is 1. The molecule has 0 aliphatic carbocycles. The molecule has 0 N–H and O–H groups in total. The van der Waals surface area contributed by atoms with Gasteiger partial charge in [-0.3, -0.25) is 4.79 Å². The highest BCUT2D eigenvalue weighted by atomic mass is 79.9. The van der Waals surface area contributed by atoms with Crippen LogP contribution >= 0.6 is 11.6 Å². The quantitative estimate of drug-likeness (QED) is 0.474. The van der Waals surface area contributed by atoms with Crippen LogP contribution in [-0.2, 0) is 11.3 Å². The summed E-state index contributed by atoms with van der Waals surface area (Å²) in [6, 6.07) is 14.0. The first-order valence-electron chi connectivity index (χ1n) is 8.95. The summed E-state index contributed by atoms with van der Waals surface area (Å²) in [4.78, 5) is 16.7. The van der Waals surface area contributed by atoms with Crippen LogP contribution in [0.5, 0.6) is 0 Å². The molecule has 26 heavy (non-hydrogen) atoms. The molecule has 1 fully saturated rings. The number of rotatable bonds is 6. The lowest BCUT2D eigenvalue weighted by molar-refractivity contribution is -0.697. The van der Waals surface area contributed by atoms with Gasteiger partial charge in [-0.25, -0.2) is 4.57 Å². The van der Waals surface area contributed by atoms with E-state index in [-0.39, 0.29) is 22.9 Å². The lowest BCUT2D eigenvalue weighted by Crippen LogP contribution is -3.00. The second-order valence-electron chi connectivity index (χ2n) is 6.42. The molecule has 140 valence electrons. The largest absolute Gasteiger partial charge is 1.00 e. The number of piperazine rings is 1. The predicted octanol–water partition coefficient (Wildman–Crippen LogP) is 0.151. The average Bonchev–Trinajstić information content (AvgIpc) is 2.66. The fourth-order valence-electron chi connectivity index (χ4n) is 3.20. The van der Waals surface area contributed by atoms with Gasteiger partial charge in [0.05, 0.1) is 0 Å². The van der Waals surface area contributed by atoms with E-state index < -0.39 is 0 Å². The summed E-state index contributed by atoms with van der Waals surface area (Å²) in [5.41, 5.74) is 1.14. The normalized spacial score (nSPS) is 14.0. The molecule has 0 saturated carbocycles. The minimum absolute atomic E-state index is 0. The van der Waals surface area contributed by atoms with E-state index in [2.05, 4.69) is 27.9 Å². The van der Waals surface area contributed by atoms with Crippen molar-refractivity contribution in [1.29, 1.82) is 0 Å². The van der Waals surface area contributed by atoms with Gasteiger partial charge in [0.2, 0.25) is 5.91 Å². The van der Waals surface area contributed by atoms with E-state index in [1.807, 2.05) is 41.3 Å². The summed E-state index contributed by atoms with van der Waals surface area (Å²) in [5, 5.41) is 0.757. The van der Waals surface area contributed by atoms with Gasteiger partial charge in [-0.2, -0.15) is 0 Å². The van der Waals surface area contributed by atoms with Crippen LogP contribution in [0.1, 0.15) is 19.3 Å². The van der Waals surface area contributed by atoms with Gasteiger partial charge in [0.25, 0.3) is 0 Å². The van der Waals surface area contributed by atoms with E-state index in [0.29, 0.717) is 6.42 Å². The van der Waals surface area contributed by atoms with Crippen molar-refractivity contribution in [2.75, 3.05) is 31.1 Å². The number of carbonyl (C=O) groups is 1. The smallest absolute Gasteiger partial charge is 0.222 e. The third kappa shape index (κ3) is 5.99. The SMILES string of the molecule is O=C(CCCC[n+]1ccccc1)N1CCN(c2cccc(Cl)c2)CC1.[Br-]. The number of aryl methyl sites for hydroxylation is 1. The van der Waals surface area contributed by atoms with Gasteiger partial charge in [0.15, 0.2) is 12.4 Å². The Labute approximate surface area is 171 Å². The van der Waals surface area contributed by atoms with Crippen molar-refractivity contribution in [3.8, 4) is 0 Å². The number of carbonyl (C=O) groups excluding carboxylic acids is 1. The molecule has 1 aliphatic rings. The highest BCUT2D eigenvalue weighted by molar-refractivity contribution is 6.30. The van der Waals surface area contributed by atoms with Crippen molar-refractivity contribution in [3.63, 3.8) is 0 Å². The van der Waals surface area contributed by atoms with Gasteiger partial charge < -0.3 is 26.8 Å². The number of halogens is 2. The lowest BCUT2D eigenvalue weighted by Gasteiger charge is -2.36. The monoisotopic (exact) mass is 437 g/mol. The third-order valence-electron chi connectivity index (χ3n) is 4.64. The molecular formula is C20H25BrClN3O. The summed E-state index contributed by atoms with van der Waals surface area (Å²) in [5.74, 6) is 0.281. The van der Waals surface area contributed by atoms with Crippen LogP contribution in [0.4, 0.5) is 5.69 Å². The summed E-state index contributed by atoms with van der Waals surface area (Å²) >= 11 is 6.07. The Bertz CT molecular complexity index is 690. The molecule has 2 aromatic rings. The summed E-state index contributed by atoms with van der Waals surface area (Å²) < 4.78 is 2.16. The fourth-order valence-corrected chi connectivity index (χ4v) is 3.38. The van der Waals surface area contributed by atoms with Crippen LogP contribution in [-0.4, -0.2) is 37.0 Å². The topological polar surface area (TPSA) is 27.4 Å². The van der Waals surface area contributed by atoms with Crippen LogP contribution in [0.2, 0.25) is 5.02 Å². The molecule has 2 heterocycles. The van der Waals surface area contributed by atoms with Crippen molar-refractivity contribution in [2.45, 2.75) is 25.8 Å². The fraction of sp³-hybridized carbons (Fsp3) is 0.400. The van der Waals surface area contributed by atoms with Crippen LogP contribution < -0.4 is 26.4 Å². The number of hydrogen-bond donors (Lipinski definition) is 0. The van der Waals surface area contributed by atoms with Gasteiger partial charge in [0, 0.05) is 61.9 Å². The Morgan fingerprint density at radius 3 is 2.42 bits per heavy atom. The number of unbranched alkanes of at least 4 members (excludes halogenated alkanes) is 1. The molecule has 4 nitrogen and oxygen atoms in total. The molecule has 0 unspecified atom stereocenters. The molecule has 0 bridgehead atoms. The first kappa shape index (κ1) is 20.7. The molecule has 1 aliphatic heterocycles. The van der Waals surface area contributed by atoms with Crippen LogP contribution in [0, 0.1) is 0 Å². The number of nitrogens with zero attached hydrogens (tertiary/aromatic N) is 3. The van der Waals surface area contributed by atoms with Crippen molar-refractivity contribution in [1.82, 2.24) is 4.90 Å². The first-order valence-corrected chi connectivity index (χ1v) is 9.32. The molecule has 1 aromatic carbocycles. The van der Waals surface area contributed by atoms with Crippen molar-refractivity contribution in [3.05, 3.63) is 59.9 Å². The van der Waals surface area contributed by atoms with Gasteiger partial charge in [-0.05, 0) is 24.6 Å². The standard InChI is InChI=1S/C20H25ClN3O.BrH/c21-18-7-6-8-19(17-18)23-13-15-24(16-14-23)20(25)9-2-5-12-22-10-3-1-4-11-22;/h1,3-4,6-8,10-11,17H,2,5,9,12-16H2;1H/q+1;/p-1. The van der Waals surface area contributed by atoms with Crippen molar-refractivity contribution < 1.29 is 26.3 Å².